The summed E-state index contributed by atoms with van der Waals surface area (Å²) in [5.41, 5.74) is 0.888. The Labute approximate surface area is 65.1 Å². The highest BCUT2D eigenvalue weighted by Gasteiger charge is 1.98. The van der Waals surface area contributed by atoms with Crippen LogP contribution in [0.25, 0.3) is 6.20 Å². The van der Waals surface area contributed by atoms with Gasteiger partial charge in [-0.15, -0.1) is 11.6 Å². The molecule has 0 spiro atoms. The zero-order valence-electron chi connectivity index (χ0n) is 5.84. The van der Waals surface area contributed by atoms with E-state index in [2.05, 4.69) is 11.6 Å². The Bertz CT molecular complexity index is 240. The van der Waals surface area contributed by atoms with E-state index in [1.54, 1.807) is 6.20 Å². The van der Waals surface area contributed by atoms with Crippen LogP contribution in [-0.2, 0) is 5.88 Å². The third kappa shape index (κ3) is 1.21. The minimum atomic E-state index is 0.460. The number of halogens is 1. The average Bonchev–Trinajstić information content (AvgIpc) is 2.30. The van der Waals surface area contributed by atoms with Crippen LogP contribution in [0.5, 0.6) is 0 Å². The molecule has 0 saturated heterocycles. The number of hydrogen-bond donors (Lipinski definition) is 0. The van der Waals surface area contributed by atoms with Crippen molar-refractivity contribution in [2.45, 2.75) is 12.8 Å². The van der Waals surface area contributed by atoms with Gasteiger partial charge in [-0.05, 0) is 6.92 Å². The molecule has 54 valence electrons. The predicted molar refractivity (Wildman–Crippen MR) is 42.9 cm³/mol. The van der Waals surface area contributed by atoms with E-state index in [1.807, 2.05) is 17.7 Å². The van der Waals surface area contributed by atoms with Gasteiger partial charge in [-0.2, -0.15) is 0 Å². The van der Waals surface area contributed by atoms with Gasteiger partial charge < -0.3 is 4.57 Å². The molecular formula is C7H9ClN2. The molecule has 3 heteroatoms. The van der Waals surface area contributed by atoms with E-state index in [1.165, 1.54) is 0 Å². The van der Waals surface area contributed by atoms with Gasteiger partial charge in [0.2, 0.25) is 0 Å². The molecule has 0 amide bonds. The van der Waals surface area contributed by atoms with Crippen LogP contribution < -0.4 is 0 Å². The maximum Gasteiger partial charge on any atom is 0.109 e. The third-order valence-electron chi connectivity index (χ3n) is 1.30. The van der Waals surface area contributed by atoms with Gasteiger partial charge in [-0.3, -0.25) is 0 Å². The molecule has 0 fully saturated rings. The van der Waals surface area contributed by atoms with E-state index in [0.29, 0.717) is 5.88 Å². The summed E-state index contributed by atoms with van der Waals surface area (Å²) in [5, 5.41) is 0. The lowest BCUT2D eigenvalue weighted by Crippen LogP contribution is -1.84. The fourth-order valence-electron chi connectivity index (χ4n) is 0.798. The molecule has 0 saturated carbocycles. The molecule has 1 heterocycles. The van der Waals surface area contributed by atoms with E-state index in [4.69, 9.17) is 11.6 Å². The van der Waals surface area contributed by atoms with Crippen molar-refractivity contribution in [3.8, 4) is 0 Å². The summed E-state index contributed by atoms with van der Waals surface area (Å²) in [5.74, 6) is 1.38. The Morgan fingerprint density at radius 3 is 2.90 bits per heavy atom. The zero-order chi connectivity index (χ0) is 7.56. The van der Waals surface area contributed by atoms with Gasteiger partial charge in [0, 0.05) is 12.4 Å². The highest BCUT2D eigenvalue weighted by molar-refractivity contribution is 6.16. The highest BCUT2D eigenvalue weighted by atomic mass is 35.5. The molecule has 0 aromatic carbocycles. The van der Waals surface area contributed by atoms with Crippen molar-refractivity contribution in [3.05, 3.63) is 24.3 Å². The molecule has 0 radical (unpaired) electrons. The fraction of sp³-hybridized carbons (Fsp3) is 0.286. The van der Waals surface area contributed by atoms with Crippen molar-refractivity contribution < 1.29 is 0 Å². The second kappa shape index (κ2) is 2.88. The number of alkyl halides is 1. The van der Waals surface area contributed by atoms with Gasteiger partial charge >= 0.3 is 0 Å². The van der Waals surface area contributed by atoms with Gasteiger partial charge in [0.1, 0.15) is 5.82 Å². The van der Waals surface area contributed by atoms with Crippen LogP contribution in [0, 0.1) is 6.92 Å². The van der Waals surface area contributed by atoms with Crippen molar-refractivity contribution >= 4 is 17.8 Å². The Morgan fingerprint density at radius 1 is 1.90 bits per heavy atom. The summed E-state index contributed by atoms with van der Waals surface area (Å²) in [6.45, 7) is 5.53. The molecule has 2 nitrogen and oxygen atoms in total. The van der Waals surface area contributed by atoms with Crippen molar-refractivity contribution in [1.82, 2.24) is 9.55 Å². The lowest BCUT2D eigenvalue weighted by atomic mass is 10.6. The van der Waals surface area contributed by atoms with Crippen LogP contribution in [-0.4, -0.2) is 9.55 Å². The zero-order valence-corrected chi connectivity index (χ0v) is 6.60. The van der Waals surface area contributed by atoms with Crippen molar-refractivity contribution in [2.24, 2.45) is 0 Å². The molecule has 1 rings (SSSR count). The molecule has 1 aromatic rings. The van der Waals surface area contributed by atoms with E-state index in [0.717, 1.165) is 11.5 Å². The molecule has 10 heavy (non-hydrogen) atoms. The first kappa shape index (κ1) is 7.35. The minimum absolute atomic E-state index is 0.460. The first-order valence-corrected chi connectivity index (χ1v) is 3.54. The van der Waals surface area contributed by atoms with Crippen molar-refractivity contribution in [1.29, 1.82) is 0 Å². The van der Waals surface area contributed by atoms with Crippen LogP contribution in [0.2, 0.25) is 0 Å². The van der Waals surface area contributed by atoms with E-state index in [-0.39, 0.29) is 0 Å². The maximum absolute atomic E-state index is 5.56. The van der Waals surface area contributed by atoms with E-state index < -0.39 is 0 Å². The van der Waals surface area contributed by atoms with Crippen LogP contribution in [0.4, 0.5) is 0 Å². The quantitative estimate of drug-likeness (QED) is 0.600. The highest BCUT2D eigenvalue weighted by Crippen LogP contribution is 2.04. The molecule has 0 bridgehead atoms. The summed E-state index contributed by atoms with van der Waals surface area (Å²) < 4.78 is 1.84. The average molecular weight is 157 g/mol. The third-order valence-corrected chi connectivity index (χ3v) is 1.57. The molecule has 0 aliphatic carbocycles. The van der Waals surface area contributed by atoms with Crippen LogP contribution >= 0.6 is 11.6 Å². The first-order valence-electron chi connectivity index (χ1n) is 3.00. The Morgan fingerprint density at radius 2 is 2.60 bits per heavy atom. The monoisotopic (exact) mass is 156 g/mol. The summed E-state index contributed by atoms with van der Waals surface area (Å²) >= 11 is 5.56. The van der Waals surface area contributed by atoms with Gasteiger partial charge in [0.05, 0.1) is 11.6 Å². The first-order chi connectivity index (χ1) is 4.77. The van der Waals surface area contributed by atoms with E-state index in [9.17, 15) is 0 Å². The molecule has 1 aromatic heterocycles. The largest absolute Gasteiger partial charge is 0.311 e. The summed E-state index contributed by atoms with van der Waals surface area (Å²) in [7, 11) is 0. The lowest BCUT2D eigenvalue weighted by Gasteiger charge is -1.90. The van der Waals surface area contributed by atoms with Crippen molar-refractivity contribution in [3.63, 3.8) is 0 Å². The number of aryl methyl sites for hydroxylation is 1. The second-order valence-electron chi connectivity index (χ2n) is 2.00. The molecule has 0 unspecified atom stereocenters. The normalized spacial score (nSPS) is 9.80. The molecule has 0 aliphatic rings. The van der Waals surface area contributed by atoms with Crippen LogP contribution in [0.3, 0.4) is 0 Å². The Kier molecular flexibility index (Phi) is 2.12. The Balaban J connectivity index is 3.03. The minimum Gasteiger partial charge on any atom is -0.311 e. The molecular weight excluding hydrogens is 148 g/mol. The topological polar surface area (TPSA) is 17.8 Å². The smallest absolute Gasteiger partial charge is 0.109 e. The van der Waals surface area contributed by atoms with Gasteiger partial charge in [0.25, 0.3) is 0 Å². The second-order valence-corrected chi connectivity index (χ2v) is 2.27. The molecule has 0 N–H and O–H groups in total. The summed E-state index contributed by atoms with van der Waals surface area (Å²) in [6.07, 6.45) is 3.58. The molecule has 0 atom stereocenters. The number of imidazole rings is 1. The van der Waals surface area contributed by atoms with Gasteiger partial charge in [-0.25, -0.2) is 4.98 Å². The molecule has 0 aliphatic heterocycles. The lowest BCUT2D eigenvalue weighted by molar-refractivity contribution is 1.03. The SMILES string of the molecule is C=Cn1cc(CCl)nc1C. The predicted octanol–water partition coefficient (Wildman–Crippen LogP) is 2.03. The van der Waals surface area contributed by atoms with Crippen molar-refractivity contribution in [2.75, 3.05) is 0 Å². The summed E-state index contributed by atoms with van der Waals surface area (Å²) in [6, 6.07) is 0. The van der Waals surface area contributed by atoms with Gasteiger partial charge in [0.15, 0.2) is 0 Å². The van der Waals surface area contributed by atoms with Crippen LogP contribution in [0.15, 0.2) is 12.8 Å². The fourth-order valence-corrected chi connectivity index (χ4v) is 0.926. The Hall–Kier alpha value is -0.760. The number of nitrogens with zero attached hydrogens (tertiary/aromatic N) is 2. The standard InChI is InChI=1S/C7H9ClN2/c1-3-10-5-7(4-8)9-6(10)2/h3,5H,1,4H2,2H3. The number of aromatic nitrogens is 2. The van der Waals surface area contributed by atoms with Crippen LogP contribution in [0.1, 0.15) is 11.5 Å². The van der Waals surface area contributed by atoms with Gasteiger partial charge in [-0.1, -0.05) is 6.58 Å². The number of rotatable bonds is 2. The summed E-state index contributed by atoms with van der Waals surface area (Å²) in [4.78, 5) is 4.16. The maximum atomic E-state index is 5.56. The number of hydrogen-bond acceptors (Lipinski definition) is 1. The van der Waals surface area contributed by atoms with E-state index >= 15 is 0 Å².